The maximum atomic E-state index is 12.5. The van der Waals surface area contributed by atoms with Gasteiger partial charge >= 0.3 is 0 Å². The van der Waals surface area contributed by atoms with Crippen LogP contribution in [0, 0.1) is 6.92 Å². The van der Waals surface area contributed by atoms with Gasteiger partial charge in [-0.25, -0.2) is 8.42 Å². The lowest BCUT2D eigenvalue weighted by molar-refractivity contribution is 0.0947. The fourth-order valence-corrected chi connectivity index (χ4v) is 4.61. The number of carbonyl (C=O) groups is 1. The molecule has 3 rings (SSSR count). The number of carbonyl (C=O) groups excluding carboxylic acids is 1. The molecule has 192 valence electrons. The van der Waals surface area contributed by atoms with Crippen LogP contribution in [-0.4, -0.2) is 33.7 Å². The molecule has 0 bridgehead atoms. The second-order valence-electron chi connectivity index (χ2n) is 9.78. The topological polar surface area (TPSA) is 75.7 Å². The lowest BCUT2D eigenvalue weighted by Gasteiger charge is -2.23. The molecule has 0 unspecified atom stereocenters. The molecule has 0 radical (unpaired) electrons. The summed E-state index contributed by atoms with van der Waals surface area (Å²) in [7, 11) is -3.54. The van der Waals surface area contributed by atoms with Gasteiger partial charge in [0.05, 0.1) is 25.0 Å². The molecular weight excluding hydrogens is 496 g/mol. The Bertz CT molecular complexity index is 1300. The molecule has 1 N–H and O–H groups in total. The van der Waals surface area contributed by atoms with E-state index in [9.17, 15) is 13.2 Å². The zero-order valence-electron chi connectivity index (χ0n) is 21.3. The molecule has 0 saturated heterocycles. The molecule has 0 spiro atoms. The molecule has 0 aliphatic rings. The summed E-state index contributed by atoms with van der Waals surface area (Å²) in [4.78, 5) is 12.5. The van der Waals surface area contributed by atoms with Crippen molar-refractivity contribution in [3.8, 4) is 5.75 Å². The van der Waals surface area contributed by atoms with Gasteiger partial charge in [-0.2, -0.15) is 0 Å². The maximum Gasteiger partial charge on any atom is 0.251 e. The van der Waals surface area contributed by atoms with Crippen LogP contribution >= 0.6 is 11.6 Å². The number of ether oxygens (including phenoxy) is 1. The van der Waals surface area contributed by atoms with Crippen LogP contribution in [0.3, 0.4) is 0 Å². The summed E-state index contributed by atoms with van der Waals surface area (Å²) in [6, 6.07) is 20.0. The van der Waals surface area contributed by atoms with E-state index in [2.05, 4.69) is 26.1 Å². The van der Waals surface area contributed by atoms with Crippen LogP contribution in [0.25, 0.3) is 0 Å². The molecule has 0 atom stereocenters. The van der Waals surface area contributed by atoms with Crippen LogP contribution in [0.2, 0.25) is 5.02 Å². The van der Waals surface area contributed by atoms with Gasteiger partial charge in [0.2, 0.25) is 10.0 Å². The lowest BCUT2D eigenvalue weighted by atomic mass is 9.87. The summed E-state index contributed by atoms with van der Waals surface area (Å²) < 4.78 is 31.9. The third kappa shape index (κ3) is 7.48. The minimum atomic E-state index is -3.54. The van der Waals surface area contributed by atoms with Crippen molar-refractivity contribution in [3.63, 3.8) is 0 Å². The minimum absolute atomic E-state index is 0.0829. The van der Waals surface area contributed by atoms with Crippen molar-refractivity contribution in [2.45, 2.75) is 39.7 Å². The number of anilines is 1. The molecule has 0 saturated carbocycles. The molecule has 0 aliphatic heterocycles. The smallest absolute Gasteiger partial charge is 0.251 e. The fourth-order valence-electron chi connectivity index (χ4n) is 3.55. The summed E-state index contributed by atoms with van der Waals surface area (Å²) >= 11 is 6.20. The zero-order chi connectivity index (χ0) is 26.5. The molecule has 3 aromatic carbocycles. The number of halogens is 1. The summed E-state index contributed by atoms with van der Waals surface area (Å²) in [6.45, 7) is 9.17. The monoisotopic (exact) mass is 528 g/mol. The summed E-state index contributed by atoms with van der Waals surface area (Å²) in [5, 5.41) is 3.34. The van der Waals surface area contributed by atoms with Gasteiger partial charge in [0, 0.05) is 10.6 Å². The second kappa shape index (κ2) is 11.4. The number of hydrogen-bond acceptors (Lipinski definition) is 4. The molecular formula is C28H33ClN2O4S. The van der Waals surface area contributed by atoms with Gasteiger partial charge in [-0.15, -0.1) is 0 Å². The number of hydrogen-bond donors (Lipinski definition) is 1. The van der Waals surface area contributed by atoms with E-state index in [1.165, 1.54) is 9.87 Å². The molecule has 8 heteroatoms. The standard InChI is InChI=1S/C28H33ClN2O4S/c1-20-6-13-24(18-26(20)29)31(36(5,33)34)19-21-7-9-22(10-8-21)27(32)30-16-17-35-25-14-11-23(12-15-25)28(2,3)4/h6-15,18H,16-17,19H2,1-5H3,(H,30,32). The molecule has 1 amide bonds. The van der Waals surface area contributed by atoms with E-state index in [4.69, 9.17) is 16.3 Å². The number of nitrogens with zero attached hydrogens (tertiary/aromatic N) is 1. The van der Waals surface area contributed by atoms with Crippen LogP contribution in [0.4, 0.5) is 5.69 Å². The Morgan fingerprint density at radius 3 is 2.19 bits per heavy atom. The number of sulfonamides is 1. The van der Waals surface area contributed by atoms with Gasteiger partial charge in [0.15, 0.2) is 0 Å². The quantitative estimate of drug-likeness (QED) is 0.360. The average molecular weight is 529 g/mol. The highest BCUT2D eigenvalue weighted by Crippen LogP contribution is 2.27. The molecule has 0 aliphatic carbocycles. The Hall–Kier alpha value is -3.03. The van der Waals surface area contributed by atoms with Gasteiger partial charge in [-0.05, 0) is 65.4 Å². The van der Waals surface area contributed by atoms with Gasteiger partial charge < -0.3 is 10.1 Å². The molecule has 0 fully saturated rings. The van der Waals surface area contributed by atoms with E-state index in [0.717, 1.165) is 23.1 Å². The second-order valence-corrected chi connectivity index (χ2v) is 12.1. The molecule has 3 aromatic rings. The van der Waals surface area contributed by atoms with E-state index in [1.807, 2.05) is 31.2 Å². The zero-order valence-corrected chi connectivity index (χ0v) is 22.9. The normalized spacial score (nSPS) is 11.7. The van der Waals surface area contributed by atoms with Crippen LogP contribution in [0.5, 0.6) is 5.75 Å². The van der Waals surface area contributed by atoms with Crippen molar-refractivity contribution >= 4 is 33.2 Å². The van der Waals surface area contributed by atoms with Crippen LogP contribution in [0.1, 0.15) is 47.8 Å². The third-order valence-electron chi connectivity index (χ3n) is 5.76. The fraction of sp³-hybridized carbons (Fsp3) is 0.321. The largest absolute Gasteiger partial charge is 0.492 e. The Balaban J connectivity index is 1.55. The molecule has 0 heterocycles. The summed E-state index contributed by atoms with van der Waals surface area (Å²) in [5.41, 5.74) is 3.90. The minimum Gasteiger partial charge on any atom is -0.492 e. The SMILES string of the molecule is Cc1ccc(N(Cc2ccc(C(=O)NCCOc3ccc(C(C)(C)C)cc3)cc2)S(C)(=O)=O)cc1Cl. The number of rotatable bonds is 9. The number of amides is 1. The van der Waals surface area contributed by atoms with E-state index < -0.39 is 10.0 Å². The van der Waals surface area contributed by atoms with Crippen molar-refractivity contribution in [3.05, 3.63) is 94.0 Å². The predicted molar refractivity (Wildman–Crippen MR) is 147 cm³/mol. The first-order valence-corrected chi connectivity index (χ1v) is 13.9. The highest BCUT2D eigenvalue weighted by atomic mass is 35.5. The van der Waals surface area contributed by atoms with Crippen molar-refractivity contribution in [2.75, 3.05) is 23.7 Å². The highest BCUT2D eigenvalue weighted by molar-refractivity contribution is 7.92. The summed E-state index contributed by atoms with van der Waals surface area (Å²) in [5.74, 6) is 0.533. The van der Waals surface area contributed by atoms with Crippen LogP contribution in [0.15, 0.2) is 66.7 Å². The van der Waals surface area contributed by atoms with Gasteiger partial charge in [-0.1, -0.05) is 62.7 Å². The van der Waals surface area contributed by atoms with E-state index >= 15 is 0 Å². The van der Waals surface area contributed by atoms with Crippen LogP contribution in [-0.2, 0) is 22.0 Å². The first-order valence-electron chi connectivity index (χ1n) is 11.7. The maximum absolute atomic E-state index is 12.5. The summed E-state index contributed by atoms with van der Waals surface area (Å²) in [6.07, 6.45) is 1.16. The number of benzene rings is 3. The lowest BCUT2D eigenvalue weighted by Crippen LogP contribution is -2.29. The molecule has 0 aromatic heterocycles. The highest BCUT2D eigenvalue weighted by Gasteiger charge is 2.19. The average Bonchev–Trinajstić information content (AvgIpc) is 2.81. The predicted octanol–water partition coefficient (Wildman–Crippen LogP) is 5.72. The Morgan fingerprint density at radius 2 is 1.64 bits per heavy atom. The van der Waals surface area contributed by atoms with Crippen LogP contribution < -0.4 is 14.4 Å². The van der Waals surface area contributed by atoms with Gasteiger partial charge in [0.25, 0.3) is 5.91 Å². The molecule has 36 heavy (non-hydrogen) atoms. The van der Waals surface area contributed by atoms with E-state index in [-0.39, 0.29) is 17.9 Å². The molecule has 6 nitrogen and oxygen atoms in total. The van der Waals surface area contributed by atoms with Crippen molar-refractivity contribution < 1.29 is 17.9 Å². The Morgan fingerprint density at radius 1 is 1.00 bits per heavy atom. The third-order valence-corrected chi connectivity index (χ3v) is 7.31. The first-order chi connectivity index (χ1) is 16.8. The Labute approximate surface area is 219 Å². The Kier molecular flexibility index (Phi) is 8.69. The van der Waals surface area contributed by atoms with Crippen molar-refractivity contribution in [2.24, 2.45) is 0 Å². The number of nitrogens with one attached hydrogen (secondary N) is 1. The first kappa shape index (κ1) is 27.6. The van der Waals surface area contributed by atoms with E-state index in [0.29, 0.717) is 29.4 Å². The van der Waals surface area contributed by atoms with Gasteiger partial charge in [-0.3, -0.25) is 9.10 Å². The van der Waals surface area contributed by atoms with Crippen molar-refractivity contribution in [1.29, 1.82) is 0 Å². The van der Waals surface area contributed by atoms with E-state index in [1.54, 1.807) is 42.5 Å². The van der Waals surface area contributed by atoms with Crippen molar-refractivity contribution in [1.82, 2.24) is 5.32 Å². The number of aryl methyl sites for hydroxylation is 1. The van der Waals surface area contributed by atoms with Gasteiger partial charge in [0.1, 0.15) is 12.4 Å².